The summed E-state index contributed by atoms with van der Waals surface area (Å²) < 4.78 is 34.5. The molecule has 0 aromatic carbocycles. The lowest BCUT2D eigenvalue weighted by Gasteiger charge is -2.24. The zero-order valence-corrected chi connectivity index (χ0v) is 45.5. The number of phosphoric ester groups is 1. The van der Waals surface area contributed by atoms with E-state index in [2.05, 4.69) is 50.3 Å². The fourth-order valence-electron chi connectivity index (χ4n) is 8.02. The van der Waals surface area contributed by atoms with E-state index < -0.39 is 26.5 Å². The second-order valence-electron chi connectivity index (χ2n) is 20.3. The lowest BCUT2D eigenvalue weighted by Crippen LogP contribution is -2.37. The summed E-state index contributed by atoms with van der Waals surface area (Å²) >= 11 is 0. The van der Waals surface area contributed by atoms with Crippen LogP contribution in [0.5, 0.6) is 0 Å². The molecule has 1 N–H and O–H groups in total. The number of esters is 2. The molecule has 0 rings (SSSR count). The Balaban J connectivity index is 4.03. The van der Waals surface area contributed by atoms with E-state index in [9.17, 15) is 19.0 Å². The molecule has 0 heterocycles. The second kappa shape index (κ2) is 49.2. The van der Waals surface area contributed by atoms with Crippen molar-refractivity contribution in [3.05, 3.63) is 36.5 Å². The Morgan fingerprint density at radius 3 is 1.19 bits per heavy atom. The Labute approximate surface area is 414 Å². The number of rotatable bonds is 52. The molecule has 2 atom stereocenters. The Morgan fingerprint density at radius 2 is 0.806 bits per heavy atom. The van der Waals surface area contributed by atoms with Gasteiger partial charge in [-0.1, -0.05) is 237 Å². The molecule has 0 aliphatic carbocycles. The van der Waals surface area contributed by atoms with E-state index in [1.165, 1.54) is 186 Å². The first-order chi connectivity index (χ1) is 32.5. The van der Waals surface area contributed by atoms with E-state index in [1.807, 2.05) is 21.1 Å². The number of carbonyl (C=O) groups is 2. The zero-order valence-electron chi connectivity index (χ0n) is 44.6. The fourth-order valence-corrected chi connectivity index (χ4v) is 8.77. The lowest BCUT2D eigenvalue weighted by molar-refractivity contribution is -0.870. The van der Waals surface area contributed by atoms with Gasteiger partial charge < -0.3 is 18.9 Å². The smallest absolute Gasteiger partial charge is 0.462 e. The van der Waals surface area contributed by atoms with Crippen molar-refractivity contribution in [3.8, 4) is 0 Å². The van der Waals surface area contributed by atoms with Gasteiger partial charge in [0, 0.05) is 12.8 Å². The van der Waals surface area contributed by atoms with Gasteiger partial charge in [0.1, 0.15) is 19.8 Å². The molecule has 10 heteroatoms. The van der Waals surface area contributed by atoms with Crippen molar-refractivity contribution < 1.29 is 42.1 Å². The molecule has 394 valence electrons. The predicted octanol–water partition coefficient (Wildman–Crippen LogP) is 17.2. The number of nitrogens with zero attached hydrogens (tertiary/aromatic N) is 1. The fraction of sp³-hybridized carbons (Fsp3) is 0.860. The van der Waals surface area contributed by atoms with Crippen molar-refractivity contribution in [2.24, 2.45) is 0 Å². The van der Waals surface area contributed by atoms with Crippen molar-refractivity contribution in [1.82, 2.24) is 0 Å². The maximum Gasteiger partial charge on any atom is 0.472 e. The van der Waals surface area contributed by atoms with E-state index in [1.54, 1.807) is 0 Å². The number of phosphoric acid groups is 1. The van der Waals surface area contributed by atoms with Gasteiger partial charge in [-0.25, -0.2) is 4.57 Å². The summed E-state index contributed by atoms with van der Waals surface area (Å²) in [5, 5.41) is 0. The molecule has 0 bridgehead atoms. The lowest BCUT2D eigenvalue weighted by atomic mass is 10.0. The molecule has 0 saturated heterocycles. The van der Waals surface area contributed by atoms with Crippen LogP contribution in [0.1, 0.15) is 264 Å². The molecule has 2 unspecified atom stereocenters. The van der Waals surface area contributed by atoms with Gasteiger partial charge in [0.25, 0.3) is 0 Å². The molecule has 0 fully saturated rings. The second-order valence-corrected chi connectivity index (χ2v) is 21.8. The standard InChI is InChI=1S/C57H108NO8P/c1-6-8-10-12-14-16-18-20-21-22-23-24-25-26-27-28-29-30-31-32-33-34-35-36-37-38-40-42-44-46-48-50-57(60)66-55(54-65-67(61,62)64-52-51-58(3,4)5)53-63-56(59)49-47-45-43-41-39-19-17-15-13-11-9-7-2/h18,20,22-23,25-26,55H,6-17,19,21,24,27-54H2,1-5H3/p+1/b20-18-,23-22-,26-25-. The van der Waals surface area contributed by atoms with Gasteiger partial charge in [-0.15, -0.1) is 0 Å². The van der Waals surface area contributed by atoms with Crippen LogP contribution in [-0.2, 0) is 32.7 Å². The maximum atomic E-state index is 12.8. The monoisotopic (exact) mass is 967 g/mol. The number of carbonyl (C=O) groups excluding carboxylic acids is 2. The molecule has 0 aliphatic rings. The third kappa shape index (κ3) is 53.4. The van der Waals surface area contributed by atoms with Crippen LogP contribution in [-0.4, -0.2) is 74.9 Å². The van der Waals surface area contributed by atoms with Crippen LogP contribution in [0, 0.1) is 0 Å². The number of hydrogen-bond donors (Lipinski definition) is 1. The molecule has 0 saturated carbocycles. The van der Waals surface area contributed by atoms with Crippen molar-refractivity contribution >= 4 is 19.8 Å². The van der Waals surface area contributed by atoms with Crippen LogP contribution in [0.15, 0.2) is 36.5 Å². The van der Waals surface area contributed by atoms with Crippen LogP contribution in [0.4, 0.5) is 0 Å². The topological polar surface area (TPSA) is 108 Å². The average molecular weight is 967 g/mol. The van der Waals surface area contributed by atoms with E-state index >= 15 is 0 Å². The van der Waals surface area contributed by atoms with Crippen molar-refractivity contribution in [2.45, 2.75) is 270 Å². The number of likely N-dealkylation sites (N-methyl/N-ethyl adjacent to an activating group) is 1. The third-order valence-electron chi connectivity index (χ3n) is 12.4. The summed E-state index contributed by atoms with van der Waals surface area (Å²) in [7, 11) is 1.49. The van der Waals surface area contributed by atoms with E-state index in [4.69, 9.17) is 18.5 Å². The molecule has 0 radical (unpaired) electrons. The maximum absolute atomic E-state index is 12.8. The van der Waals surface area contributed by atoms with Crippen LogP contribution in [0.25, 0.3) is 0 Å². The molecule has 0 aromatic rings. The zero-order chi connectivity index (χ0) is 49.2. The highest BCUT2D eigenvalue weighted by molar-refractivity contribution is 7.47. The van der Waals surface area contributed by atoms with Crippen LogP contribution in [0.2, 0.25) is 0 Å². The third-order valence-corrected chi connectivity index (χ3v) is 13.4. The highest BCUT2D eigenvalue weighted by Crippen LogP contribution is 2.43. The SMILES string of the molecule is CCCCCCC/C=C\C/C=C\C/C=C\CCCCCCCCCCCCCCCCCCC(=O)OC(COC(=O)CCCCCCCCCCCCCC)COP(=O)(O)OCC[N+](C)(C)C. The largest absolute Gasteiger partial charge is 0.472 e. The predicted molar refractivity (Wildman–Crippen MR) is 284 cm³/mol. The number of quaternary nitrogens is 1. The van der Waals surface area contributed by atoms with E-state index in [-0.39, 0.29) is 25.6 Å². The molecule has 67 heavy (non-hydrogen) atoms. The minimum Gasteiger partial charge on any atom is -0.462 e. The van der Waals surface area contributed by atoms with Crippen molar-refractivity contribution in [2.75, 3.05) is 47.5 Å². The Hall–Kier alpha value is -1.77. The summed E-state index contributed by atoms with van der Waals surface area (Å²) in [5.74, 6) is -0.787. The summed E-state index contributed by atoms with van der Waals surface area (Å²) in [4.78, 5) is 35.5. The highest BCUT2D eigenvalue weighted by Gasteiger charge is 2.27. The Bertz CT molecular complexity index is 1230. The van der Waals surface area contributed by atoms with Gasteiger partial charge in [0.2, 0.25) is 0 Å². The number of hydrogen-bond acceptors (Lipinski definition) is 7. The van der Waals surface area contributed by atoms with Gasteiger partial charge in [0.15, 0.2) is 6.10 Å². The number of unbranched alkanes of at least 4 members (excludes halogenated alkanes) is 32. The first kappa shape index (κ1) is 65.2. The van der Waals surface area contributed by atoms with E-state index in [0.717, 1.165) is 44.9 Å². The Kier molecular flexibility index (Phi) is 47.9. The van der Waals surface area contributed by atoms with Crippen LogP contribution < -0.4 is 0 Å². The van der Waals surface area contributed by atoms with Gasteiger partial charge in [-0.05, 0) is 51.4 Å². The molecule has 0 aliphatic heterocycles. The minimum absolute atomic E-state index is 0.0339. The van der Waals surface area contributed by atoms with E-state index in [0.29, 0.717) is 23.9 Å². The van der Waals surface area contributed by atoms with Crippen molar-refractivity contribution in [1.29, 1.82) is 0 Å². The van der Waals surface area contributed by atoms with Crippen LogP contribution >= 0.6 is 7.82 Å². The number of allylic oxidation sites excluding steroid dienone is 6. The average Bonchev–Trinajstić information content (AvgIpc) is 3.29. The van der Waals surface area contributed by atoms with Gasteiger partial charge in [-0.2, -0.15) is 0 Å². The molecule has 0 amide bonds. The molecular formula is C57H109NO8P+. The molecular weight excluding hydrogens is 858 g/mol. The van der Waals surface area contributed by atoms with Gasteiger partial charge in [0.05, 0.1) is 27.7 Å². The quantitative estimate of drug-likeness (QED) is 0.0211. The first-order valence-electron chi connectivity index (χ1n) is 28.2. The molecule has 0 spiro atoms. The van der Waals surface area contributed by atoms with Gasteiger partial charge >= 0.3 is 19.8 Å². The summed E-state index contributed by atoms with van der Waals surface area (Å²) in [6.45, 7) is 4.44. The summed E-state index contributed by atoms with van der Waals surface area (Å²) in [5.41, 5.74) is 0. The summed E-state index contributed by atoms with van der Waals surface area (Å²) in [6, 6.07) is 0. The summed E-state index contributed by atoms with van der Waals surface area (Å²) in [6.07, 6.45) is 59.3. The minimum atomic E-state index is -4.38. The molecule has 9 nitrogen and oxygen atoms in total. The van der Waals surface area contributed by atoms with Crippen LogP contribution in [0.3, 0.4) is 0 Å². The first-order valence-corrected chi connectivity index (χ1v) is 29.7. The van der Waals surface area contributed by atoms with Crippen molar-refractivity contribution in [3.63, 3.8) is 0 Å². The number of ether oxygens (including phenoxy) is 2. The van der Waals surface area contributed by atoms with Gasteiger partial charge in [-0.3, -0.25) is 18.6 Å². The molecule has 0 aromatic heterocycles. The highest BCUT2D eigenvalue weighted by atomic mass is 31.2. The Morgan fingerprint density at radius 1 is 0.463 bits per heavy atom. The normalized spacial score (nSPS) is 13.6.